The van der Waals surface area contributed by atoms with Crippen molar-refractivity contribution < 1.29 is 9.18 Å². The standard InChI is InChI=1S/C34H35FN10O/c1-45(2)11-10-37-25-13-21(12-24(35)16-25)27-8-9-38-32-29(27)41-33(42-32)30-28-15-23(18-39-31(28)44-43-30)22-14-26(19-36-17-22)40-34(46)20-6-4-3-5-7-20/h8-9,12-20,37H,3-7,10-11H2,1-2H3,(H,40,46)(H,38,41,42)(H,39,43,44). The summed E-state index contributed by atoms with van der Waals surface area (Å²) in [5.74, 6) is 0.273. The molecule has 0 bridgehead atoms. The van der Waals surface area contributed by atoms with Crippen LogP contribution >= 0.6 is 0 Å². The Kier molecular flexibility index (Phi) is 8.10. The van der Waals surface area contributed by atoms with Crippen molar-refractivity contribution in [3.8, 4) is 33.8 Å². The quantitative estimate of drug-likeness (QED) is 0.149. The van der Waals surface area contributed by atoms with Gasteiger partial charge in [-0.3, -0.25) is 14.9 Å². The molecule has 1 aliphatic rings. The van der Waals surface area contributed by atoms with Crippen molar-refractivity contribution in [2.45, 2.75) is 32.1 Å². The maximum absolute atomic E-state index is 14.7. The fourth-order valence-corrected chi connectivity index (χ4v) is 6.04. The van der Waals surface area contributed by atoms with Crippen LogP contribution in [0, 0.1) is 11.7 Å². The topological polar surface area (TPSA) is 140 Å². The zero-order valence-electron chi connectivity index (χ0n) is 25.8. The molecule has 1 amide bonds. The molecule has 1 aliphatic carbocycles. The maximum atomic E-state index is 14.7. The minimum absolute atomic E-state index is 0.0513. The number of nitrogens with zero attached hydrogens (tertiary/aromatic N) is 6. The molecule has 1 aromatic carbocycles. The molecular weight excluding hydrogens is 583 g/mol. The number of halogens is 1. The molecule has 1 saturated carbocycles. The third-order valence-electron chi connectivity index (χ3n) is 8.44. The van der Waals surface area contributed by atoms with Crippen LogP contribution in [0.5, 0.6) is 0 Å². The van der Waals surface area contributed by atoms with Gasteiger partial charge in [-0.1, -0.05) is 19.3 Å². The fraction of sp³-hybridized carbons (Fsp3) is 0.294. The minimum Gasteiger partial charge on any atom is -0.384 e. The molecule has 234 valence electrons. The van der Waals surface area contributed by atoms with Crippen LogP contribution < -0.4 is 10.6 Å². The molecule has 0 unspecified atom stereocenters. The average molecular weight is 619 g/mol. The van der Waals surface area contributed by atoms with E-state index in [1.54, 1.807) is 24.8 Å². The second-order valence-corrected chi connectivity index (χ2v) is 12.1. The Bertz CT molecular complexity index is 2030. The highest BCUT2D eigenvalue weighted by Crippen LogP contribution is 2.33. The van der Waals surface area contributed by atoms with E-state index in [0.29, 0.717) is 51.8 Å². The molecule has 0 aliphatic heterocycles. The normalized spacial score (nSPS) is 13.9. The number of aromatic nitrogens is 7. The molecule has 46 heavy (non-hydrogen) atoms. The molecule has 0 radical (unpaired) electrons. The van der Waals surface area contributed by atoms with Crippen molar-refractivity contribution in [3.05, 3.63) is 67.0 Å². The summed E-state index contributed by atoms with van der Waals surface area (Å²) in [6.07, 6.45) is 12.1. The van der Waals surface area contributed by atoms with E-state index < -0.39 is 0 Å². The summed E-state index contributed by atoms with van der Waals surface area (Å²) in [4.78, 5) is 36.6. The fourth-order valence-electron chi connectivity index (χ4n) is 6.04. The number of hydrogen-bond donors (Lipinski definition) is 4. The van der Waals surface area contributed by atoms with E-state index in [-0.39, 0.29) is 17.6 Å². The highest BCUT2D eigenvalue weighted by atomic mass is 19.1. The lowest BCUT2D eigenvalue weighted by Crippen LogP contribution is -2.24. The number of carbonyl (C=O) groups excluding carboxylic acids is 1. The van der Waals surface area contributed by atoms with Crippen LogP contribution in [0.2, 0.25) is 0 Å². The van der Waals surface area contributed by atoms with Crippen LogP contribution in [0.15, 0.2) is 61.2 Å². The van der Waals surface area contributed by atoms with Gasteiger partial charge in [0.1, 0.15) is 17.0 Å². The minimum atomic E-state index is -0.338. The van der Waals surface area contributed by atoms with E-state index in [0.717, 1.165) is 54.3 Å². The summed E-state index contributed by atoms with van der Waals surface area (Å²) >= 11 is 0. The number of pyridine rings is 3. The number of H-pyrrole nitrogens is 2. The van der Waals surface area contributed by atoms with Crippen LogP contribution in [0.1, 0.15) is 32.1 Å². The Morgan fingerprint density at radius 2 is 1.78 bits per heavy atom. The van der Waals surface area contributed by atoms with Crippen molar-refractivity contribution >= 4 is 39.5 Å². The van der Waals surface area contributed by atoms with Gasteiger partial charge in [0.15, 0.2) is 17.1 Å². The van der Waals surface area contributed by atoms with E-state index in [9.17, 15) is 9.18 Å². The van der Waals surface area contributed by atoms with E-state index in [1.165, 1.54) is 18.6 Å². The molecule has 7 rings (SSSR count). The summed E-state index contributed by atoms with van der Waals surface area (Å²) in [6.45, 7) is 1.51. The van der Waals surface area contributed by atoms with Crippen molar-refractivity contribution in [1.82, 2.24) is 40.0 Å². The van der Waals surface area contributed by atoms with Gasteiger partial charge in [0, 0.05) is 60.0 Å². The Labute approximate surface area is 265 Å². The van der Waals surface area contributed by atoms with Gasteiger partial charge in [-0.05, 0) is 68.9 Å². The lowest BCUT2D eigenvalue weighted by molar-refractivity contribution is -0.120. The third-order valence-corrected chi connectivity index (χ3v) is 8.44. The van der Waals surface area contributed by atoms with Gasteiger partial charge in [0.25, 0.3) is 0 Å². The summed E-state index contributed by atoms with van der Waals surface area (Å²) in [5, 5.41) is 14.6. The monoisotopic (exact) mass is 618 g/mol. The van der Waals surface area contributed by atoms with E-state index >= 15 is 0 Å². The number of aromatic amines is 2. The first-order chi connectivity index (χ1) is 22.4. The number of anilines is 2. The molecule has 5 aromatic heterocycles. The molecule has 12 heteroatoms. The number of hydrogen-bond acceptors (Lipinski definition) is 8. The van der Waals surface area contributed by atoms with Crippen molar-refractivity contribution in [1.29, 1.82) is 0 Å². The van der Waals surface area contributed by atoms with Crippen LogP contribution in [0.4, 0.5) is 15.8 Å². The summed E-state index contributed by atoms with van der Waals surface area (Å²) in [6, 6.07) is 10.6. The summed E-state index contributed by atoms with van der Waals surface area (Å²) in [7, 11) is 3.99. The number of fused-ring (bicyclic) bond motifs is 2. The van der Waals surface area contributed by atoms with E-state index in [2.05, 4.69) is 45.7 Å². The molecule has 1 fully saturated rings. The Morgan fingerprint density at radius 3 is 2.63 bits per heavy atom. The molecule has 11 nitrogen and oxygen atoms in total. The van der Waals surface area contributed by atoms with Gasteiger partial charge in [0.2, 0.25) is 5.91 Å². The van der Waals surface area contributed by atoms with Crippen molar-refractivity contribution in [2.24, 2.45) is 5.92 Å². The molecule has 4 N–H and O–H groups in total. The predicted octanol–water partition coefficient (Wildman–Crippen LogP) is 6.26. The van der Waals surface area contributed by atoms with E-state index in [4.69, 9.17) is 4.98 Å². The second kappa shape index (κ2) is 12.6. The summed E-state index contributed by atoms with van der Waals surface area (Å²) < 4.78 is 14.7. The largest absolute Gasteiger partial charge is 0.384 e. The Balaban J connectivity index is 1.19. The number of benzene rings is 1. The van der Waals surface area contributed by atoms with Gasteiger partial charge in [-0.25, -0.2) is 19.3 Å². The highest BCUT2D eigenvalue weighted by Gasteiger charge is 2.22. The third kappa shape index (κ3) is 6.16. The molecule has 0 atom stereocenters. The molecule has 5 heterocycles. The second-order valence-electron chi connectivity index (χ2n) is 12.1. The molecule has 0 spiro atoms. The summed E-state index contributed by atoms with van der Waals surface area (Å²) in [5.41, 5.74) is 6.77. The number of imidazole rings is 1. The number of amides is 1. The van der Waals surface area contributed by atoms with Crippen LogP contribution in [-0.2, 0) is 4.79 Å². The van der Waals surface area contributed by atoms with Gasteiger partial charge >= 0.3 is 0 Å². The van der Waals surface area contributed by atoms with Crippen LogP contribution in [-0.4, -0.2) is 73.1 Å². The first-order valence-corrected chi connectivity index (χ1v) is 15.6. The first-order valence-electron chi connectivity index (χ1n) is 15.6. The highest BCUT2D eigenvalue weighted by molar-refractivity contribution is 5.97. The van der Waals surface area contributed by atoms with Gasteiger partial charge in [-0.2, -0.15) is 5.10 Å². The van der Waals surface area contributed by atoms with Gasteiger partial charge in [0.05, 0.1) is 17.3 Å². The Morgan fingerprint density at radius 1 is 0.957 bits per heavy atom. The van der Waals surface area contributed by atoms with Gasteiger partial charge in [-0.15, -0.1) is 0 Å². The van der Waals surface area contributed by atoms with Crippen molar-refractivity contribution in [3.63, 3.8) is 0 Å². The van der Waals surface area contributed by atoms with Crippen molar-refractivity contribution in [2.75, 3.05) is 37.8 Å². The van der Waals surface area contributed by atoms with Crippen LogP contribution in [0.25, 0.3) is 56.0 Å². The van der Waals surface area contributed by atoms with Crippen LogP contribution in [0.3, 0.4) is 0 Å². The molecular formula is C34H35FN10O. The first kappa shape index (κ1) is 29.5. The predicted molar refractivity (Wildman–Crippen MR) is 178 cm³/mol. The molecule has 0 saturated heterocycles. The average Bonchev–Trinajstić information content (AvgIpc) is 3.69. The number of nitrogens with one attached hydrogen (secondary N) is 4. The van der Waals surface area contributed by atoms with Gasteiger partial charge < -0.3 is 20.5 Å². The zero-order chi connectivity index (χ0) is 31.6. The number of carbonyl (C=O) groups is 1. The zero-order valence-corrected chi connectivity index (χ0v) is 25.8. The lowest BCUT2D eigenvalue weighted by atomic mass is 9.88. The number of rotatable bonds is 9. The Hall–Kier alpha value is -5.23. The smallest absolute Gasteiger partial charge is 0.227 e. The number of likely N-dealkylation sites (N-methyl/N-ethyl adjacent to an activating group) is 1. The lowest BCUT2D eigenvalue weighted by Gasteiger charge is -2.20. The SMILES string of the molecule is CN(C)CCNc1cc(F)cc(-c2ccnc3[nH]c(-c4n[nH]c5ncc(-c6cncc(NC(=O)C7CCCCC7)c6)cc45)nc23)c1. The maximum Gasteiger partial charge on any atom is 0.227 e. The van der Waals surface area contributed by atoms with E-state index in [1.807, 2.05) is 38.4 Å². The molecule has 6 aromatic rings.